The van der Waals surface area contributed by atoms with E-state index in [9.17, 15) is 5.11 Å². The van der Waals surface area contributed by atoms with Gasteiger partial charge in [-0.2, -0.15) is 0 Å². The molecule has 0 amide bonds. The Morgan fingerprint density at radius 3 is 2.84 bits per heavy atom. The molecular weight excluding hydrogens is 238 g/mol. The lowest BCUT2D eigenvalue weighted by molar-refractivity contribution is 0.104. The molecule has 104 valence electrons. The van der Waals surface area contributed by atoms with Crippen molar-refractivity contribution in [1.29, 1.82) is 0 Å². The fourth-order valence-electron chi connectivity index (χ4n) is 1.69. The number of aliphatic hydroxyl groups is 1. The molecule has 2 atom stereocenters. The van der Waals surface area contributed by atoms with Gasteiger partial charge in [-0.1, -0.05) is 12.1 Å². The predicted octanol–water partition coefficient (Wildman–Crippen LogP) is 2.04. The van der Waals surface area contributed by atoms with E-state index in [2.05, 4.69) is 11.2 Å². The maximum Gasteiger partial charge on any atom is 0.122 e. The maximum atomic E-state index is 9.85. The lowest BCUT2D eigenvalue weighted by Crippen LogP contribution is -2.36. The van der Waals surface area contributed by atoms with Crippen molar-refractivity contribution < 1.29 is 9.84 Å². The van der Waals surface area contributed by atoms with Crippen LogP contribution in [0.5, 0.6) is 5.75 Å². The summed E-state index contributed by atoms with van der Waals surface area (Å²) >= 11 is 0. The summed E-state index contributed by atoms with van der Waals surface area (Å²) in [5, 5.41) is 13.0. The van der Waals surface area contributed by atoms with E-state index in [0.717, 1.165) is 16.9 Å². The van der Waals surface area contributed by atoms with E-state index in [1.165, 1.54) is 0 Å². The molecule has 2 N–H and O–H groups in total. The fraction of sp³-hybridized carbons (Fsp3) is 0.500. The Morgan fingerprint density at radius 2 is 2.16 bits per heavy atom. The molecule has 1 rings (SSSR count). The maximum absolute atomic E-state index is 9.85. The molecule has 0 spiro atoms. The van der Waals surface area contributed by atoms with Gasteiger partial charge in [0, 0.05) is 19.0 Å². The Kier molecular flexibility index (Phi) is 6.41. The smallest absolute Gasteiger partial charge is 0.122 e. The number of benzene rings is 1. The van der Waals surface area contributed by atoms with Crippen molar-refractivity contribution in [2.45, 2.75) is 39.3 Å². The van der Waals surface area contributed by atoms with Gasteiger partial charge in [-0.3, -0.25) is 0 Å². The molecule has 0 radical (unpaired) electrons. The zero-order chi connectivity index (χ0) is 14.3. The summed E-state index contributed by atoms with van der Waals surface area (Å²) in [7, 11) is 0. The molecule has 0 fully saturated rings. The lowest BCUT2D eigenvalue weighted by atomic mass is 10.1. The van der Waals surface area contributed by atoms with E-state index in [1.54, 1.807) is 0 Å². The monoisotopic (exact) mass is 261 g/mol. The van der Waals surface area contributed by atoms with Gasteiger partial charge in [0.25, 0.3) is 0 Å². The first-order chi connectivity index (χ1) is 9.02. The molecule has 0 heterocycles. The summed E-state index contributed by atoms with van der Waals surface area (Å²) in [5.74, 6) is 3.42. The third-order valence-electron chi connectivity index (χ3n) is 2.90. The van der Waals surface area contributed by atoms with Crippen molar-refractivity contribution >= 4 is 0 Å². The number of aryl methyl sites for hydroxylation is 2. The van der Waals surface area contributed by atoms with Gasteiger partial charge in [0.05, 0.1) is 0 Å². The van der Waals surface area contributed by atoms with Crippen molar-refractivity contribution in [2.75, 3.05) is 13.2 Å². The van der Waals surface area contributed by atoms with Crippen LogP contribution in [0.15, 0.2) is 18.2 Å². The van der Waals surface area contributed by atoms with Crippen molar-refractivity contribution in [3.63, 3.8) is 0 Å². The molecule has 0 aromatic heterocycles. The average Bonchev–Trinajstić information content (AvgIpc) is 2.38. The SMILES string of the molecule is C#CCC(C)NCC(O)COc1cc(C)ccc1C. The highest BCUT2D eigenvalue weighted by molar-refractivity contribution is 5.35. The lowest BCUT2D eigenvalue weighted by Gasteiger charge is -2.17. The van der Waals surface area contributed by atoms with E-state index in [1.807, 2.05) is 39.0 Å². The highest BCUT2D eigenvalue weighted by Gasteiger charge is 2.08. The molecule has 19 heavy (non-hydrogen) atoms. The first-order valence-corrected chi connectivity index (χ1v) is 6.58. The Balaban J connectivity index is 2.36. The van der Waals surface area contributed by atoms with Gasteiger partial charge < -0.3 is 15.2 Å². The molecule has 1 aromatic rings. The van der Waals surface area contributed by atoms with Gasteiger partial charge in [0.15, 0.2) is 0 Å². The molecule has 3 nitrogen and oxygen atoms in total. The van der Waals surface area contributed by atoms with E-state index in [0.29, 0.717) is 13.0 Å². The van der Waals surface area contributed by atoms with E-state index < -0.39 is 6.10 Å². The van der Waals surface area contributed by atoms with Crippen LogP contribution >= 0.6 is 0 Å². The average molecular weight is 261 g/mol. The quantitative estimate of drug-likeness (QED) is 0.738. The second kappa shape index (κ2) is 7.83. The minimum absolute atomic E-state index is 0.209. The van der Waals surface area contributed by atoms with Crippen LogP contribution in [0.25, 0.3) is 0 Å². The minimum atomic E-state index is -0.542. The van der Waals surface area contributed by atoms with Crippen LogP contribution in [0.3, 0.4) is 0 Å². The third-order valence-corrected chi connectivity index (χ3v) is 2.90. The highest BCUT2D eigenvalue weighted by atomic mass is 16.5. The zero-order valence-corrected chi connectivity index (χ0v) is 11.9. The van der Waals surface area contributed by atoms with Crippen LogP contribution in [0.1, 0.15) is 24.5 Å². The van der Waals surface area contributed by atoms with Crippen molar-refractivity contribution in [3.05, 3.63) is 29.3 Å². The zero-order valence-electron chi connectivity index (χ0n) is 11.9. The largest absolute Gasteiger partial charge is 0.491 e. The molecule has 0 aliphatic carbocycles. The second-order valence-electron chi connectivity index (χ2n) is 4.95. The molecular formula is C16H23NO2. The topological polar surface area (TPSA) is 41.5 Å². The summed E-state index contributed by atoms with van der Waals surface area (Å²) < 4.78 is 5.64. The standard InChI is InChI=1S/C16H23NO2/c1-5-6-14(4)17-10-15(18)11-19-16-9-12(2)7-8-13(16)3/h1,7-9,14-15,17-18H,6,10-11H2,2-4H3. The fourth-order valence-corrected chi connectivity index (χ4v) is 1.69. The van der Waals surface area contributed by atoms with Gasteiger partial charge in [0.2, 0.25) is 0 Å². The number of terminal acetylenes is 1. The van der Waals surface area contributed by atoms with Crippen LogP contribution in [0, 0.1) is 26.2 Å². The van der Waals surface area contributed by atoms with Crippen LogP contribution in [0.2, 0.25) is 0 Å². The van der Waals surface area contributed by atoms with Crippen molar-refractivity contribution in [3.8, 4) is 18.1 Å². The van der Waals surface area contributed by atoms with Crippen molar-refractivity contribution in [2.24, 2.45) is 0 Å². The van der Waals surface area contributed by atoms with Gasteiger partial charge in [-0.15, -0.1) is 12.3 Å². The molecule has 0 saturated heterocycles. The van der Waals surface area contributed by atoms with Crippen LogP contribution in [-0.4, -0.2) is 30.4 Å². The number of hydrogen-bond acceptors (Lipinski definition) is 3. The van der Waals surface area contributed by atoms with Crippen molar-refractivity contribution in [1.82, 2.24) is 5.32 Å². The molecule has 1 aromatic carbocycles. The molecule has 0 bridgehead atoms. The Morgan fingerprint density at radius 1 is 1.42 bits per heavy atom. The predicted molar refractivity (Wildman–Crippen MR) is 78.3 cm³/mol. The minimum Gasteiger partial charge on any atom is -0.491 e. The van der Waals surface area contributed by atoms with E-state index >= 15 is 0 Å². The molecule has 3 heteroatoms. The number of rotatable bonds is 7. The summed E-state index contributed by atoms with van der Waals surface area (Å²) in [5.41, 5.74) is 2.22. The second-order valence-corrected chi connectivity index (χ2v) is 4.95. The number of nitrogens with one attached hydrogen (secondary N) is 1. The Hall–Kier alpha value is -1.50. The van der Waals surface area contributed by atoms with E-state index in [-0.39, 0.29) is 12.6 Å². The van der Waals surface area contributed by atoms with Gasteiger partial charge >= 0.3 is 0 Å². The van der Waals surface area contributed by atoms with Crippen LogP contribution in [0.4, 0.5) is 0 Å². The van der Waals surface area contributed by atoms with Gasteiger partial charge in [-0.05, 0) is 38.0 Å². The number of hydrogen-bond donors (Lipinski definition) is 2. The number of aliphatic hydroxyl groups excluding tert-OH is 1. The molecule has 0 aliphatic rings. The highest BCUT2D eigenvalue weighted by Crippen LogP contribution is 2.19. The normalized spacial score (nSPS) is 13.6. The van der Waals surface area contributed by atoms with Crippen LogP contribution < -0.4 is 10.1 Å². The first-order valence-electron chi connectivity index (χ1n) is 6.58. The Labute approximate surface area is 116 Å². The van der Waals surface area contributed by atoms with Gasteiger partial charge in [-0.25, -0.2) is 0 Å². The summed E-state index contributed by atoms with van der Waals surface area (Å²) in [6, 6.07) is 6.25. The first kappa shape index (κ1) is 15.6. The summed E-state index contributed by atoms with van der Waals surface area (Å²) in [6.07, 6.45) is 5.34. The Bertz CT molecular complexity index is 437. The summed E-state index contributed by atoms with van der Waals surface area (Å²) in [4.78, 5) is 0. The van der Waals surface area contributed by atoms with Crippen LogP contribution in [-0.2, 0) is 0 Å². The summed E-state index contributed by atoms with van der Waals surface area (Å²) in [6.45, 7) is 6.77. The molecule has 0 aliphatic heterocycles. The third kappa shape index (κ3) is 5.78. The molecule has 2 unspecified atom stereocenters. The number of ether oxygens (including phenoxy) is 1. The van der Waals surface area contributed by atoms with Gasteiger partial charge in [0.1, 0.15) is 18.5 Å². The van der Waals surface area contributed by atoms with E-state index in [4.69, 9.17) is 11.2 Å². The molecule has 0 saturated carbocycles.